The third-order valence-electron chi connectivity index (χ3n) is 2.87. The first-order valence-electron chi connectivity index (χ1n) is 4.84. The Morgan fingerprint density at radius 3 is 2.57 bits per heavy atom. The largest absolute Gasteiger partial charge is 0.481 e. The second kappa shape index (κ2) is 4.19. The first-order chi connectivity index (χ1) is 6.70. The lowest BCUT2D eigenvalue weighted by Crippen LogP contribution is -2.28. The van der Waals surface area contributed by atoms with Gasteiger partial charge >= 0.3 is 5.97 Å². The molecule has 0 aromatic carbocycles. The number of allylic oxidation sites excluding steroid dienone is 2. The van der Waals surface area contributed by atoms with Crippen LogP contribution in [0.4, 0.5) is 0 Å². The molecule has 1 aliphatic heterocycles. The van der Waals surface area contributed by atoms with Crippen molar-refractivity contribution >= 4 is 29.5 Å². The van der Waals surface area contributed by atoms with E-state index in [-0.39, 0.29) is 17.8 Å². The zero-order chi connectivity index (χ0) is 10.1. The summed E-state index contributed by atoms with van der Waals surface area (Å²) in [6.45, 7) is 2.00. The molecule has 0 radical (unpaired) electrons. The van der Waals surface area contributed by atoms with Crippen molar-refractivity contribution in [2.45, 2.75) is 11.5 Å². The van der Waals surface area contributed by atoms with Gasteiger partial charge in [0.1, 0.15) is 0 Å². The molecule has 2 rings (SSSR count). The summed E-state index contributed by atoms with van der Waals surface area (Å²) in [4.78, 5) is 11.1. The van der Waals surface area contributed by atoms with Gasteiger partial charge in [-0.15, -0.1) is 23.5 Å². The number of rotatable bonds is 2. The molecular formula is C10H14O2S2. The number of carbonyl (C=O) groups is 1. The molecule has 1 fully saturated rings. The van der Waals surface area contributed by atoms with Crippen molar-refractivity contribution in [2.24, 2.45) is 17.8 Å². The predicted octanol–water partition coefficient (Wildman–Crippen LogP) is 2.32. The zero-order valence-corrected chi connectivity index (χ0v) is 9.68. The molecule has 0 bridgehead atoms. The van der Waals surface area contributed by atoms with Crippen LogP contribution in [0.25, 0.3) is 0 Å². The minimum absolute atomic E-state index is 0.194. The molecule has 1 N–H and O–H groups in total. The number of thioether (sulfide) groups is 2. The second-order valence-electron chi connectivity index (χ2n) is 3.80. The van der Waals surface area contributed by atoms with Crippen molar-refractivity contribution in [1.29, 1.82) is 0 Å². The second-order valence-corrected chi connectivity index (χ2v) is 6.59. The van der Waals surface area contributed by atoms with E-state index in [0.29, 0.717) is 4.58 Å². The van der Waals surface area contributed by atoms with Gasteiger partial charge in [-0.05, 0) is 5.92 Å². The summed E-state index contributed by atoms with van der Waals surface area (Å²) in [6.07, 6.45) is 4.17. The van der Waals surface area contributed by atoms with Crippen LogP contribution < -0.4 is 0 Å². The Balaban J connectivity index is 2.10. The summed E-state index contributed by atoms with van der Waals surface area (Å²) in [5.74, 6) is 1.93. The number of hydrogen-bond donors (Lipinski definition) is 1. The van der Waals surface area contributed by atoms with Crippen LogP contribution in [0.15, 0.2) is 12.2 Å². The minimum atomic E-state index is -0.638. The van der Waals surface area contributed by atoms with Gasteiger partial charge in [-0.3, -0.25) is 4.79 Å². The molecule has 1 heterocycles. The third kappa shape index (κ3) is 1.82. The maximum atomic E-state index is 11.1. The molecule has 4 heteroatoms. The maximum absolute atomic E-state index is 11.1. The van der Waals surface area contributed by atoms with E-state index >= 15 is 0 Å². The standard InChI is InChI=1S/C10H14O2S2/c1-6-2-3-7(8(6)9(11)12)10-13-4-5-14-10/h2-3,6-8,10H,4-5H2,1H3,(H,11,12). The molecule has 2 nitrogen and oxygen atoms in total. The number of aliphatic carboxylic acids is 1. The van der Waals surface area contributed by atoms with Gasteiger partial charge in [0.05, 0.1) is 10.5 Å². The molecule has 3 atom stereocenters. The summed E-state index contributed by atoms with van der Waals surface area (Å²) in [6, 6.07) is 0. The molecule has 0 aromatic heterocycles. The fourth-order valence-electron chi connectivity index (χ4n) is 2.14. The molecule has 0 saturated carbocycles. The molecule has 0 spiro atoms. The summed E-state index contributed by atoms with van der Waals surface area (Å²) in [5.41, 5.74) is 0. The van der Waals surface area contributed by atoms with E-state index in [2.05, 4.69) is 12.2 Å². The predicted molar refractivity (Wildman–Crippen MR) is 61.6 cm³/mol. The van der Waals surface area contributed by atoms with Gasteiger partial charge in [-0.25, -0.2) is 0 Å². The Kier molecular flexibility index (Phi) is 3.12. The highest BCUT2D eigenvalue weighted by atomic mass is 32.2. The Hall–Kier alpha value is -0.0900. The summed E-state index contributed by atoms with van der Waals surface area (Å²) in [5, 5.41) is 9.16. The lowest BCUT2D eigenvalue weighted by Gasteiger charge is -2.22. The van der Waals surface area contributed by atoms with E-state index in [0.717, 1.165) is 0 Å². The topological polar surface area (TPSA) is 37.3 Å². The number of carboxylic acid groups (broad SMARTS) is 1. The Morgan fingerprint density at radius 1 is 1.36 bits per heavy atom. The Bertz CT molecular complexity index is 259. The van der Waals surface area contributed by atoms with Crippen molar-refractivity contribution in [3.8, 4) is 0 Å². The molecular weight excluding hydrogens is 216 g/mol. The van der Waals surface area contributed by atoms with Crippen LogP contribution >= 0.6 is 23.5 Å². The fourth-order valence-corrected chi connectivity index (χ4v) is 5.30. The van der Waals surface area contributed by atoms with Gasteiger partial charge in [0.2, 0.25) is 0 Å². The highest BCUT2D eigenvalue weighted by Gasteiger charge is 2.40. The van der Waals surface area contributed by atoms with E-state index in [1.165, 1.54) is 11.5 Å². The third-order valence-corrected chi connectivity index (χ3v) is 6.11. The van der Waals surface area contributed by atoms with Crippen LogP contribution in [-0.2, 0) is 4.79 Å². The summed E-state index contributed by atoms with van der Waals surface area (Å²) < 4.78 is 0.470. The zero-order valence-electron chi connectivity index (χ0n) is 8.05. The summed E-state index contributed by atoms with van der Waals surface area (Å²) >= 11 is 3.82. The van der Waals surface area contributed by atoms with Crippen LogP contribution in [0, 0.1) is 17.8 Å². The normalized spacial score (nSPS) is 37.9. The van der Waals surface area contributed by atoms with Gasteiger partial charge < -0.3 is 5.11 Å². The van der Waals surface area contributed by atoms with Crippen molar-refractivity contribution in [1.82, 2.24) is 0 Å². The van der Waals surface area contributed by atoms with E-state index in [4.69, 9.17) is 5.11 Å². The van der Waals surface area contributed by atoms with E-state index in [1.807, 2.05) is 30.4 Å². The van der Waals surface area contributed by atoms with Crippen molar-refractivity contribution < 1.29 is 9.90 Å². The van der Waals surface area contributed by atoms with Crippen molar-refractivity contribution in [2.75, 3.05) is 11.5 Å². The molecule has 1 saturated heterocycles. The molecule has 2 aliphatic rings. The number of carboxylic acids is 1. The van der Waals surface area contributed by atoms with Crippen LogP contribution in [0.1, 0.15) is 6.92 Å². The first-order valence-corrected chi connectivity index (χ1v) is 6.94. The van der Waals surface area contributed by atoms with Gasteiger partial charge in [0.25, 0.3) is 0 Å². The maximum Gasteiger partial charge on any atom is 0.307 e. The smallest absolute Gasteiger partial charge is 0.307 e. The highest BCUT2D eigenvalue weighted by Crippen LogP contribution is 2.45. The Labute approximate surface area is 92.5 Å². The van der Waals surface area contributed by atoms with Gasteiger partial charge in [0.15, 0.2) is 0 Å². The van der Waals surface area contributed by atoms with Crippen LogP contribution in [-0.4, -0.2) is 27.2 Å². The van der Waals surface area contributed by atoms with Crippen molar-refractivity contribution in [3.63, 3.8) is 0 Å². The lowest BCUT2D eigenvalue weighted by atomic mass is 9.90. The minimum Gasteiger partial charge on any atom is -0.481 e. The van der Waals surface area contributed by atoms with Gasteiger partial charge in [-0.1, -0.05) is 19.1 Å². The van der Waals surface area contributed by atoms with E-state index in [1.54, 1.807) is 0 Å². The average molecular weight is 230 g/mol. The molecule has 0 amide bonds. The van der Waals surface area contributed by atoms with Gasteiger partial charge in [-0.2, -0.15) is 0 Å². The molecule has 3 unspecified atom stereocenters. The van der Waals surface area contributed by atoms with E-state index in [9.17, 15) is 4.79 Å². The lowest BCUT2D eigenvalue weighted by molar-refractivity contribution is -0.143. The monoisotopic (exact) mass is 230 g/mol. The molecule has 14 heavy (non-hydrogen) atoms. The van der Waals surface area contributed by atoms with Gasteiger partial charge in [0, 0.05) is 17.4 Å². The SMILES string of the molecule is CC1C=CC(C2SCCS2)C1C(=O)O. The number of hydrogen-bond acceptors (Lipinski definition) is 3. The first kappa shape index (κ1) is 10.4. The highest BCUT2D eigenvalue weighted by molar-refractivity contribution is 8.20. The quantitative estimate of drug-likeness (QED) is 0.739. The molecule has 0 aromatic rings. The summed E-state index contributed by atoms with van der Waals surface area (Å²) in [7, 11) is 0. The fraction of sp³-hybridized carbons (Fsp3) is 0.700. The van der Waals surface area contributed by atoms with Crippen LogP contribution in [0.2, 0.25) is 0 Å². The average Bonchev–Trinajstić information content (AvgIpc) is 2.70. The van der Waals surface area contributed by atoms with Crippen LogP contribution in [0.5, 0.6) is 0 Å². The van der Waals surface area contributed by atoms with E-state index < -0.39 is 5.97 Å². The molecule has 78 valence electrons. The van der Waals surface area contributed by atoms with Crippen molar-refractivity contribution in [3.05, 3.63) is 12.2 Å². The Morgan fingerprint density at radius 2 is 2.00 bits per heavy atom. The van der Waals surface area contributed by atoms with Crippen LogP contribution in [0.3, 0.4) is 0 Å². The molecule has 1 aliphatic carbocycles.